The number of aldehydes is 1. The van der Waals surface area contributed by atoms with Crippen LogP contribution in [0.15, 0.2) is 54.6 Å². The minimum Gasteiger partial charge on any atom is -0.490 e. The standard InChI is InChI=1S/C17H14O5/c18-12-13-6-8-15(9-7-13)21-10-11-22-17(20)16(19)14-4-2-1-3-5-14/h1-9,12H,10-11H2. The molecule has 0 aliphatic carbocycles. The molecule has 0 N–H and O–H groups in total. The summed E-state index contributed by atoms with van der Waals surface area (Å²) in [5, 5.41) is 0. The Hall–Kier alpha value is -2.95. The van der Waals surface area contributed by atoms with Crippen LogP contribution < -0.4 is 4.74 Å². The van der Waals surface area contributed by atoms with Gasteiger partial charge in [0.25, 0.3) is 5.78 Å². The van der Waals surface area contributed by atoms with E-state index in [1.165, 1.54) is 0 Å². The van der Waals surface area contributed by atoms with Gasteiger partial charge in [0, 0.05) is 11.1 Å². The SMILES string of the molecule is O=Cc1ccc(OCCOC(=O)C(=O)c2ccccc2)cc1. The van der Waals surface area contributed by atoms with Gasteiger partial charge in [-0.05, 0) is 24.3 Å². The van der Waals surface area contributed by atoms with Gasteiger partial charge in [0.15, 0.2) is 0 Å². The van der Waals surface area contributed by atoms with Crippen molar-refractivity contribution in [3.8, 4) is 5.75 Å². The molecular formula is C17H14O5. The van der Waals surface area contributed by atoms with Gasteiger partial charge in [0.05, 0.1) is 0 Å². The molecule has 0 bridgehead atoms. The molecule has 0 aliphatic rings. The Morgan fingerprint density at radius 2 is 1.59 bits per heavy atom. The van der Waals surface area contributed by atoms with Gasteiger partial charge < -0.3 is 9.47 Å². The van der Waals surface area contributed by atoms with E-state index < -0.39 is 11.8 Å². The summed E-state index contributed by atoms with van der Waals surface area (Å²) in [6.07, 6.45) is 0.737. The van der Waals surface area contributed by atoms with Crippen molar-refractivity contribution in [2.75, 3.05) is 13.2 Å². The van der Waals surface area contributed by atoms with Gasteiger partial charge in [-0.25, -0.2) is 4.79 Å². The summed E-state index contributed by atoms with van der Waals surface area (Å²) in [5.74, 6) is -1.04. The summed E-state index contributed by atoms with van der Waals surface area (Å²) in [7, 11) is 0. The average molecular weight is 298 g/mol. The third-order valence-electron chi connectivity index (χ3n) is 2.82. The van der Waals surface area contributed by atoms with E-state index in [1.807, 2.05) is 0 Å². The van der Waals surface area contributed by atoms with E-state index in [1.54, 1.807) is 54.6 Å². The van der Waals surface area contributed by atoms with Crippen LogP contribution in [-0.4, -0.2) is 31.3 Å². The van der Waals surface area contributed by atoms with Crippen LogP contribution in [0.5, 0.6) is 5.75 Å². The molecule has 0 fully saturated rings. The number of esters is 1. The topological polar surface area (TPSA) is 69.7 Å². The first-order valence-corrected chi connectivity index (χ1v) is 6.65. The first kappa shape index (κ1) is 15.4. The van der Waals surface area contributed by atoms with Crippen molar-refractivity contribution in [3.05, 3.63) is 65.7 Å². The smallest absolute Gasteiger partial charge is 0.379 e. The van der Waals surface area contributed by atoms with E-state index in [0.717, 1.165) is 6.29 Å². The van der Waals surface area contributed by atoms with E-state index in [-0.39, 0.29) is 18.8 Å². The quantitative estimate of drug-likeness (QED) is 0.258. The molecule has 0 saturated heterocycles. The normalized spacial score (nSPS) is 9.82. The van der Waals surface area contributed by atoms with Crippen molar-refractivity contribution in [2.24, 2.45) is 0 Å². The third-order valence-corrected chi connectivity index (χ3v) is 2.82. The highest BCUT2D eigenvalue weighted by Gasteiger charge is 2.17. The third kappa shape index (κ3) is 4.28. The molecule has 5 heteroatoms. The summed E-state index contributed by atoms with van der Waals surface area (Å²) in [4.78, 5) is 33.8. The van der Waals surface area contributed by atoms with E-state index in [2.05, 4.69) is 0 Å². The first-order valence-electron chi connectivity index (χ1n) is 6.65. The monoisotopic (exact) mass is 298 g/mol. The van der Waals surface area contributed by atoms with E-state index >= 15 is 0 Å². The summed E-state index contributed by atoms with van der Waals surface area (Å²) >= 11 is 0. The number of hydrogen-bond donors (Lipinski definition) is 0. The largest absolute Gasteiger partial charge is 0.490 e. The maximum absolute atomic E-state index is 11.7. The Kier molecular flexibility index (Phi) is 5.43. The van der Waals surface area contributed by atoms with Crippen molar-refractivity contribution in [1.29, 1.82) is 0 Å². The van der Waals surface area contributed by atoms with Crippen molar-refractivity contribution in [3.63, 3.8) is 0 Å². The van der Waals surface area contributed by atoms with Gasteiger partial charge in [-0.15, -0.1) is 0 Å². The predicted octanol–water partition coefficient (Wildman–Crippen LogP) is 2.30. The molecule has 0 amide bonds. The van der Waals surface area contributed by atoms with Crippen molar-refractivity contribution < 1.29 is 23.9 Å². The molecule has 0 aliphatic heterocycles. The van der Waals surface area contributed by atoms with Crippen LogP contribution in [-0.2, 0) is 9.53 Å². The Balaban J connectivity index is 1.75. The van der Waals surface area contributed by atoms with Gasteiger partial charge in [-0.3, -0.25) is 9.59 Å². The van der Waals surface area contributed by atoms with Crippen LogP contribution in [0.4, 0.5) is 0 Å². The molecule has 5 nitrogen and oxygen atoms in total. The molecule has 112 valence electrons. The molecule has 0 aromatic heterocycles. The zero-order chi connectivity index (χ0) is 15.8. The molecule has 22 heavy (non-hydrogen) atoms. The predicted molar refractivity (Wildman–Crippen MR) is 79.1 cm³/mol. The Morgan fingerprint density at radius 1 is 0.909 bits per heavy atom. The summed E-state index contributed by atoms with van der Waals surface area (Å²) < 4.78 is 10.2. The van der Waals surface area contributed by atoms with Crippen molar-refractivity contribution in [1.82, 2.24) is 0 Å². The van der Waals surface area contributed by atoms with E-state index in [4.69, 9.17) is 9.47 Å². The Morgan fingerprint density at radius 3 is 2.23 bits per heavy atom. The van der Waals surface area contributed by atoms with Crippen LogP contribution >= 0.6 is 0 Å². The molecule has 0 radical (unpaired) electrons. The van der Waals surface area contributed by atoms with Gasteiger partial charge in [0.2, 0.25) is 0 Å². The van der Waals surface area contributed by atoms with Crippen LogP contribution in [0.1, 0.15) is 20.7 Å². The average Bonchev–Trinajstić information content (AvgIpc) is 2.59. The minimum absolute atomic E-state index is 0.0349. The Labute approximate surface area is 127 Å². The number of ether oxygens (including phenoxy) is 2. The second-order valence-corrected chi connectivity index (χ2v) is 4.37. The number of carbonyl (C=O) groups is 3. The number of hydrogen-bond acceptors (Lipinski definition) is 5. The molecule has 0 heterocycles. The van der Waals surface area contributed by atoms with Gasteiger partial charge in [0.1, 0.15) is 25.2 Å². The minimum atomic E-state index is -0.911. The van der Waals surface area contributed by atoms with Gasteiger partial charge in [-0.1, -0.05) is 30.3 Å². The molecule has 0 atom stereocenters. The lowest BCUT2D eigenvalue weighted by molar-refractivity contribution is -0.138. The second kappa shape index (κ2) is 7.73. The molecule has 0 unspecified atom stereocenters. The van der Waals surface area contributed by atoms with Crippen molar-refractivity contribution >= 4 is 18.0 Å². The second-order valence-electron chi connectivity index (χ2n) is 4.37. The van der Waals surface area contributed by atoms with Crippen LogP contribution in [0.3, 0.4) is 0 Å². The van der Waals surface area contributed by atoms with Crippen LogP contribution in [0, 0.1) is 0 Å². The lowest BCUT2D eigenvalue weighted by Crippen LogP contribution is -2.20. The highest BCUT2D eigenvalue weighted by molar-refractivity contribution is 6.40. The van der Waals surface area contributed by atoms with Gasteiger partial charge in [-0.2, -0.15) is 0 Å². The fraction of sp³-hybridized carbons (Fsp3) is 0.118. The van der Waals surface area contributed by atoms with Crippen LogP contribution in [0.2, 0.25) is 0 Å². The number of Topliss-reactive ketones (excluding diaryl/α,β-unsaturated/α-hetero) is 1. The highest BCUT2D eigenvalue weighted by Crippen LogP contribution is 2.10. The lowest BCUT2D eigenvalue weighted by atomic mass is 10.1. The zero-order valence-corrected chi connectivity index (χ0v) is 11.7. The van der Waals surface area contributed by atoms with Gasteiger partial charge >= 0.3 is 5.97 Å². The fourth-order valence-electron chi connectivity index (χ4n) is 1.71. The maximum Gasteiger partial charge on any atom is 0.379 e. The molecule has 0 spiro atoms. The molecular weight excluding hydrogens is 284 g/mol. The van der Waals surface area contributed by atoms with E-state index in [0.29, 0.717) is 11.3 Å². The number of benzene rings is 2. The fourth-order valence-corrected chi connectivity index (χ4v) is 1.71. The maximum atomic E-state index is 11.7. The molecule has 2 rings (SSSR count). The zero-order valence-electron chi connectivity index (χ0n) is 11.7. The summed E-state index contributed by atoms with van der Waals surface area (Å²) in [6.45, 7) is 0.0844. The number of carbonyl (C=O) groups excluding carboxylic acids is 3. The summed E-state index contributed by atoms with van der Waals surface area (Å²) in [5.41, 5.74) is 0.838. The number of rotatable bonds is 7. The lowest BCUT2D eigenvalue weighted by Gasteiger charge is -2.07. The highest BCUT2D eigenvalue weighted by atomic mass is 16.6. The Bertz CT molecular complexity index is 647. The van der Waals surface area contributed by atoms with Crippen molar-refractivity contribution in [2.45, 2.75) is 0 Å². The first-order chi connectivity index (χ1) is 10.7. The summed E-state index contributed by atoms with van der Waals surface area (Å²) in [6, 6.07) is 14.7. The van der Waals surface area contributed by atoms with E-state index in [9.17, 15) is 14.4 Å². The van der Waals surface area contributed by atoms with Crippen LogP contribution in [0.25, 0.3) is 0 Å². The molecule has 2 aromatic rings. The number of ketones is 1. The molecule has 2 aromatic carbocycles. The molecule has 0 saturated carbocycles.